The highest BCUT2D eigenvalue weighted by Crippen LogP contribution is 2.31. The maximum Gasteiger partial charge on any atom is 0.244 e. The Morgan fingerprint density at radius 2 is 2.35 bits per heavy atom. The summed E-state index contributed by atoms with van der Waals surface area (Å²) in [5.74, 6) is 0.959. The predicted octanol–water partition coefficient (Wildman–Crippen LogP) is -0.377. The van der Waals surface area contributed by atoms with Crippen molar-refractivity contribution in [3.8, 4) is 5.75 Å². The molecule has 1 aromatic carbocycles. The van der Waals surface area contributed by atoms with Crippen LogP contribution in [0.5, 0.6) is 5.75 Å². The number of benzene rings is 1. The number of hydrogen-bond donors (Lipinski definition) is 0. The molecule has 0 bridgehead atoms. The number of fused-ring (bicyclic) bond motifs is 1. The summed E-state index contributed by atoms with van der Waals surface area (Å²) in [6.45, 7) is 5.41. The van der Waals surface area contributed by atoms with E-state index in [1.165, 1.54) is 5.56 Å². The Hall–Kier alpha value is -1.26. The molecule has 106 valence electrons. The topological polar surface area (TPSA) is 18.0 Å². The molecule has 1 aliphatic heterocycles. The van der Waals surface area contributed by atoms with E-state index in [0.29, 0.717) is 0 Å². The monoisotopic (exact) mass is 354 g/mol. The first-order chi connectivity index (χ1) is 9.24. The van der Waals surface area contributed by atoms with E-state index in [9.17, 15) is 0 Å². The summed E-state index contributed by atoms with van der Waals surface area (Å²) in [7, 11) is 0. The Morgan fingerprint density at radius 3 is 3.15 bits per heavy atom. The van der Waals surface area contributed by atoms with E-state index in [1.54, 1.807) is 0 Å². The highest BCUT2D eigenvalue weighted by molar-refractivity contribution is 6.30. The van der Waals surface area contributed by atoms with Crippen LogP contribution in [0.2, 0.25) is 5.02 Å². The third kappa shape index (κ3) is 3.25. The standard InChI is InChI=1S/C15H16ClN2O.BrH/c1-2-5-17-6-7-18(11-17)10-14-9-12-8-13(16)3-4-15(12)19-14;/h2-4,6-8,11,14H,1,5,9-10H2;1H/q+1;/p-1. The van der Waals surface area contributed by atoms with Crippen molar-refractivity contribution in [2.24, 2.45) is 0 Å². The van der Waals surface area contributed by atoms with Crippen LogP contribution in [0.15, 0.2) is 49.6 Å². The Balaban J connectivity index is 0.00000147. The van der Waals surface area contributed by atoms with Crippen LogP contribution in [0.3, 0.4) is 0 Å². The van der Waals surface area contributed by atoms with Crippen molar-refractivity contribution >= 4 is 11.6 Å². The van der Waals surface area contributed by atoms with Crippen LogP contribution in [0.25, 0.3) is 0 Å². The molecule has 0 saturated carbocycles. The lowest BCUT2D eigenvalue weighted by atomic mass is 10.1. The van der Waals surface area contributed by atoms with E-state index in [1.807, 2.05) is 30.5 Å². The number of rotatable bonds is 4. The fourth-order valence-electron chi connectivity index (χ4n) is 2.43. The van der Waals surface area contributed by atoms with Crippen molar-refractivity contribution in [3.05, 3.63) is 60.2 Å². The highest BCUT2D eigenvalue weighted by atomic mass is 79.9. The third-order valence-corrected chi connectivity index (χ3v) is 3.50. The average Bonchev–Trinajstić information content (AvgIpc) is 2.96. The lowest BCUT2D eigenvalue weighted by Crippen LogP contribution is -3.00. The van der Waals surface area contributed by atoms with E-state index in [2.05, 4.69) is 28.2 Å². The number of allylic oxidation sites excluding steroid dienone is 1. The third-order valence-electron chi connectivity index (χ3n) is 3.26. The van der Waals surface area contributed by atoms with Gasteiger partial charge in [-0.1, -0.05) is 24.3 Å². The molecule has 2 aromatic rings. The molecule has 5 heteroatoms. The minimum absolute atomic E-state index is 0. The number of imidazole rings is 1. The average molecular weight is 356 g/mol. The molecule has 0 aliphatic carbocycles. The molecular weight excluding hydrogens is 340 g/mol. The first kappa shape index (κ1) is 15.1. The van der Waals surface area contributed by atoms with Gasteiger partial charge in [-0.3, -0.25) is 0 Å². The zero-order valence-corrected chi connectivity index (χ0v) is 13.3. The maximum atomic E-state index is 6.00. The first-order valence-corrected chi connectivity index (χ1v) is 6.73. The van der Waals surface area contributed by atoms with Crippen molar-refractivity contribution in [1.29, 1.82) is 0 Å². The van der Waals surface area contributed by atoms with Gasteiger partial charge in [-0.2, -0.15) is 0 Å². The summed E-state index contributed by atoms with van der Waals surface area (Å²) in [6.07, 6.45) is 9.15. The normalized spacial score (nSPS) is 16.1. The molecule has 1 atom stereocenters. The fourth-order valence-corrected chi connectivity index (χ4v) is 2.62. The summed E-state index contributed by atoms with van der Waals surface area (Å²) in [4.78, 5) is 0. The Kier molecular flexibility index (Phi) is 4.89. The molecule has 1 unspecified atom stereocenters. The smallest absolute Gasteiger partial charge is 0.244 e. The van der Waals surface area contributed by atoms with E-state index in [4.69, 9.17) is 16.3 Å². The van der Waals surface area contributed by atoms with Gasteiger partial charge in [0.1, 0.15) is 37.3 Å². The second-order valence-corrected chi connectivity index (χ2v) is 5.23. The number of nitrogens with zero attached hydrogens (tertiary/aromatic N) is 2. The number of hydrogen-bond acceptors (Lipinski definition) is 1. The molecule has 0 spiro atoms. The van der Waals surface area contributed by atoms with Gasteiger partial charge in [-0.05, 0) is 23.8 Å². The minimum atomic E-state index is 0. The summed E-state index contributed by atoms with van der Waals surface area (Å²) in [5.41, 5.74) is 1.20. The van der Waals surface area contributed by atoms with Gasteiger partial charge in [-0.15, -0.1) is 0 Å². The van der Waals surface area contributed by atoms with Crippen LogP contribution in [-0.4, -0.2) is 10.7 Å². The predicted molar refractivity (Wildman–Crippen MR) is 74.4 cm³/mol. The van der Waals surface area contributed by atoms with Gasteiger partial charge in [0.25, 0.3) is 0 Å². The second-order valence-electron chi connectivity index (χ2n) is 4.79. The molecule has 0 N–H and O–H groups in total. The molecule has 1 aromatic heterocycles. The summed E-state index contributed by atoms with van der Waals surface area (Å²) in [6, 6.07) is 5.81. The zero-order valence-electron chi connectivity index (χ0n) is 11.0. The molecule has 1 aliphatic rings. The van der Waals surface area contributed by atoms with Gasteiger partial charge < -0.3 is 21.7 Å². The maximum absolute atomic E-state index is 6.00. The van der Waals surface area contributed by atoms with E-state index >= 15 is 0 Å². The Labute approximate surface area is 134 Å². The SMILES string of the molecule is C=CCn1cc[n+](CC2Cc3cc(Cl)ccc3O2)c1.[Br-]. The quantitative estimate of drug-likeness (QED) is 0.540. The van der Waals surface area contributed by atoms with E-state index < -0.39 is 0 Å². The summed E-state index contributed by atoms with van der Waals surface area (Å²) in [5, 5.41) is 0.771. The van der Waals surface area contributed by atoms with Gasteiger partial charge in [0.15, 0.2) is 0 Å². The van der Waals surface area contributed by atoms with Gasteiger partial charge in [0.05, 0.1) is 0 Å². The van der Waals surface area contributed by atoms with Gasteiger partial charge in [0.2, 0.25) is 6.33 Å². The van der Waals surface area contributed by atoms with Crippen LogP contribution in [0.1, 0.15) is 5.56 Å². The molecule has 2 heterocycles. The van der Waals surface area contributed by atoms with Crippen LogP contribution in [-0.2, 0) is 19.5 Å². The molecule has 0 fully saturated rings. The van der Waals surface area contributed by atoms with Crippen molar-refractivity contribution < 1.29 is 26.3 Å². The van der Waals surface area contributed by atoms with E-state index in [-0.39, 0.29) is 23.1 Å². The molecular formula is C15H16BrClN2O. The van der Waals surface area contributed by atoms with Crippen molar-refractivity contribution in [2.75, 3.05) is 0 Å². The van der Waals surface area contributed by atoms with Crippen molar-refractivity contribution in [3.63, 3.8) is 0 Å². The number of aromatic nitrogens is 2. The number of ether oxygens (including phenoxy) is 1. The summed E-state index contributed by atoms with van der Waals surface area (Å²) < 4.78 is 10.2. The van der Waals surface area contributed by atoms with Crippen LogP contribution in [0.4, 0.5) is 0 Å². The van der Waals surface area contributed by atoms with E-state index in [0.717, 1.165) is 30.3 Å². The summed E-state index contributed by atoms with van der Waals surface area (Å²) >= 11 is 6.00. The van der Waals surface area contributed by atoms with Gasteiger partial charge in [0, 0.05) is 11.4 Å². The van der Waals surface area contributed by atoms with Crippen LogP contribution in [0, 0.1) is 0 Å². The molecule has 3 nitrogen and oxygen atoms in total. The van der Waals surface area contributed by atoms with Crippen molar-refractivity contribution in [1.82, 2.24) is 4.57 Å². The lowest BCUT2D eigenvalue weighted by molar-refractivity contribution is -0.701. The largest absolute Gasteiger partial charge is 1.00 e. The highest BCUT2D eigenvalue weighted by Gasteiger charge is 2.25. The lowest BCUT2D eigenvalue weighted by Gasteiger charge is -2.07. The zero-order chi connectivity index (χ0) is 13.2. The molecule has 0 radical (unpaired) electrons. The fraction of sp³-hybridized carbons (Fsp3) is 0.267. The first-order valence-electron chi connectivity index (χ1n) is 6.35. The molecule has 0 amide bonds. The van der Waals surface area contributed by atoms with Crippen LogP contribution >= 0.6 is 11.6 Å². The molecule has 3 rings (SSSR count). The second kappa shape index (κ2) is 6.46. The minimum Gasteiger partial charge on any atom is -1.00 e. The molecule has 20 heavy (non-hydrogen) atoms. The number of halogens is 2. The van der Waals surface area contributed by atoms with Crippen molar-refractivity contribution in [2.45, 2.75) is 25.6 Å². The van der Waals surface area contributed by atoms with Gasteiger partial charge in [-0.25, -0.2) is 9.13 Å². The van der Waals surface area contributed by atoms with Crippen LogP contribution < -0.4 is 26.3 Å². The van der Waals surface area contributed by atoms with Gasteiger partial charge >= 0.3 is 0 Å². The Morgan fingerprint density at radius 1 is 1.50 bits per heavy atom. The molecule has 0 saturated heterocycles. The Bertz CT molecular complexity index is 612.